The van der Waals surface area contributed by atoms with E-state index in [0.29, 0.717) is 44.4 Å². The number of carbonyl (C=O) groups excluding carboxylic acids is 1. The maximum absolute atomic E-state index is 13.4. The molecule has 0 fully saturated rings. The minimum Gasteiger partial charge on any atom is -0.495 e. The van der Waals surface area contributed by atoms with E-state index in [1.807, 2.05) is 0 Å². The van der Waals surface area contributed by atoms with Gasteiger partial charge >= 0.3 is 0 Å². The van der Waals surface area contributed by atoms with Crippen molar-refractivity contribution in [1.82, 2.24) is 4.98 Å². The largest absolute Gasteiger partial charge is 0.495 e. The predicted octanol–water partition coefficient (Wildman–Crippen LogP) is 4.54. The van der Waals surface area contributed by atoms with Gasteiger partial charge in [0.05, 0.1) is 24.9 Å². The van der Waals surface area contributed by atoms with Crippen molar-refractivity contribution < 1.29 is 18.7 Å². The van der Waals surface area contributed by atoms with Crippen LogP contribution in [0, 0.1) is 12.7 Å². The molecular weight excluding hydrogens is 347 g/mol. The number of fused-ring (bicyclic) bond motifs is 1. The number of aromatic amines is 1. The van der Waals surface area contributed by atoms with Gasteiger partial charge in [0, 0.05) is 23.0 Å². The molecule has 1 amide bonds. The van der Waals surface area contributed by atoms with Crippen molar-refractivity contribution in [2.75, 3.05) is 19.5 Å². The summed E-state index contributed by atoms with van der Waals surface area (Å²) in [7, 11) is 2.96. The highest BCUT2D eigenvalue weighted by molar-refractivity contribution is 6.32. The summed E-state index contributed by atoms with van der Waals surface area (Å²) in [5.41, 5.74) is 2.10. The van der Waals surface area contributed by atoms with Crippen LogP contribution in [0.4, 0.5) is 10.1 Å². The molecule has 0 saturated carbocycles. The Morgan fingerprint density at radius 2 is 1.88 bits per heavy atom. The monoisotopic (exact) mass is 362 g/mol. The molecule has 5 nitrogen and oxygen atoms in total. The zero-order valence-corrected chi connectivity index (χ0v) is 14.6. The summed E-state index contributed by atoms with van der Waals surface area (Å²) in [4.78, 5) is 15.7. The van der Waals surface area contributed by atoms with Crippen LogP contribution in [0.5, 0.6) is 11.5 Å². The molecule has 0 saturated heterocycles. The third kappa shape index (κ3) is 3.13. The Morgan fingerprint density at radius 3 is 2.56 bits per heavy atom. The summed E-state index contributed by atoms with van der Waals surface area (Å²) in [6, 6.07) is 7.47. The summed E-state index contributed by atoms with van der Waals surface area (Å²) in [6.45, 7) is 1.76. The van der Waals surface area contributed by atoms with Gasteiger partial charge in [-0.3, -0.25) is 4.79 Å². The molecule has 0 radical (unpaired) electrons. The molecule has 0 atom stereocenters. The van der Waals surface area contributed by atoms with Crippen molar-refractivity contribution in [3.8, 4) is 11.5 Å². The van der Waals surface area contributed by atoms with E-state index in [2.05, 4.69) is 10.3 Å². The van der Waals surface area contributed by atoms with Crippen LogP contribution in [0.1, 0.15) is 16.1 Å². The van der Waals surface area contributed by atoms with Crippen LogP contribution in [0.25, 0.3) is 10.9 Å². The highest BCUT2D eigenvalue weighted by Crippen LogP contribution is 2.36. The smallest absolute Gasteiger partial charge is 0.272 e. The van der Waals surface area contributed by atoms with Crippen LogP contribution in [0.15, 0.2) is 30.3 Å². The minimum atomic E-state index is -0.378. The van der Waals surface area contributed by atoms with E-state index in [0.717, 1.165) is 0 Å². The molecule has 0 aliphatic heterocycles. The van der Waals surface area contributed by atoms with Crippen LogP contribution in [0.2, 0.25) is 5.02 Å². The second kappa shape index (κ2) is 6.64. The second-order valence-corrected chi connectivity index (χ2v) is 5.86. The fourth-order valence-electron chi connectivity index (χ4n) is 2.67. The molecule has 2 aromatic carbocycles. The van der Waals surface area contributed by atoms with Gasteiger partial charge in [-0.2, -0.15) is 0 Å². The maximum atomic E-state index is 13.4. The number of aromatic nitrogens is 1. The SMILES string of the molecule is COc1cc(NC(=O)c2[nH]c3ccc(F)cc3c2C)c(OC)cc1Cl. The molecule has 7 heteroatoms. The van der Waals surface area contributed by atoms with Gasteiger partial charge < -0.3 is 19.8 Å². The van der Waals surface area contributed by atoms with Crippen LogP contribution in [-0.4, -0.2) is 25.1 Å². The van der Waals surface area contributed by atoms with E-state index in [9.17, 15) is 9.18 Å². The van der Waals surface area contributed by atoms with Gasteiger partial charge in [-0.1, -0.05) is 11.6 Å². The van der Waals surface area contributed by atoms with E-state index in [4.69, 9.17) is 21.1 Å². The van der Waals surface area contributed by atoms with Gasteiger partial charge in [-0.25, -0.2) is 4.39 Å². The summed E-state index contributed by atoms with van der Waals surface area (Å²) in [6.07, 6.45) is 0. The average molecular weight is 363 g/mol. The number of H-pyrrole nitrogens is 1. The Balaban J connectivity index is 1.99. The lowest BCUT2D eigenvalue weighted by molar-refractivity contribution is 0.102. The molecule has 0 spiro atoms. The standard InChI is InChI=1S/C18H16ClFN2O3/c1-9-11-6-10(20)4-5-13(11)21-17(9)18(23)22-14-8-15(24-2)12(19)7-16(14)25-3/h4-8,21H,1-3H3,(H,22,23). The molecule has 0 aliphatic rings. The van der Waals surface area contributed by atoms with Gasteiger partial charge in [-0.15, -0.1) is 0 Å². The Labute approximate surface area is 148 Å². The van der Waals surface area contributed by atoms with Gasteiger partial charge in [-0.05, 0) is 30.7 Å². The van der Waals surface area contributed by atoms with Crippen molar-refractivity contribution >= 4 is 34.1 Å². The topological polar surface area (TPSA) is 63.3 Å². The quantitative estimate of drug-likeness (QED) is 0.716. The van der Waals surface area contributed by atoms with Crippen molar-refractivity contribution in [2.24, 2.45) is 0 Å². The predicted molar refractivity (Wildman–Crippen MR) is 95.5 cm³/mol. The lowest BCUT2D eigenvalue weighted by atomic mass is 10.1. The first-order valence-corrected chi connectivity index (χ1v) is 7.83. The molecule has 25 heavy (non-hydrogen) atoms. The molecule has 0 unspecified atom stereocenters. The number of ether oxygens (including phenoxy) is 2. The first kappa shape index (κ1) is 17.1. The number of aryl methyl sites for hydroxylation is 1. The Hall–Kier alpha value is -2.73. The molecule has 0 aliphatic carbocycles. The molecule has 1 heterocycles. The second-order valence-electron chi connectivity index (χ2n) is 5.46. The zero-order valence-electron chi connectivity index (χ0n) is 13.9. The molecule has 3 rings (SSSR count). The number of rotatable bonds is 4. The van der Waals surface area contributed by atoms with E-state index >= 15 is 0 Å². The Morgan fingerprint density at radius 1 is 1.16 bits per heavy atom. The Kier molecular flexibility index (Phi) is 4.55. The highest BCUT2D eigenvalue weighted by Gasteiger charge is 2.18. The van der Waals surface area contributed by atoms with Crippen molar-refractivity contribution in [3.05, 3.63) is 52.4 Å². The van der Waals surface area contributed by atoms with Gasteiger partial charge in [0.1, 0.15) is 23.0 Å². The number of benzene rings is 2. The third-order valence-electron chi connectivity index (χ3n) is 3.97. The lowest BCUT2D eigenvalue weighted by Gasteiger charge is -2.13. The van der Waals surface area contributed by atoms with Gasteiger partial charge in [0.15, 0.2) is 0 Å². The van der Waals surface area contributed by atoms with E-state index < -0.39 is 0 Å². The maximum Gasteiger partial charge on any atom is 0.272 e. The molecule has 1 aromatic heterocycles. The number of nitrogens with one attached hydrogen (secondary N) is 2. The zero-order chi connectivity index (χ0) is 18.1. The Bertz CT molecular complexity index is 969. The van der Waals surface area contributed by atoms with Crippen LogP contribution >= 0.6 is 11.6 Å². The molecular formula is C18H16ClFN2O3. The normalized spacial score (nSPS) is 10.8. The van der Waals surface area contributed by atoms with E-state index in [-0.39, 0.29) is 11.7 Å². The fraction of sp³-hybridized carbons (Fsp3) is 0.167. The number of halogens is 2. The lowest BCUT2D eigenvalue weighted by Crippen LogP contribution is -2.14. The van der Waals surface area contributed by atoms with Crippen molar-refractivity contribution in [3.63, 3.8) is 0 Å². The molecule has 3 aromatic rings. The van der Waals surface area contributed by atoms with Gasteiger partial charge in [0.2, 0.25) is 0 Å². The summed E-state index contributed by atoms with van der Waals surface area (Å²) in [5, 5.41) is 3.80. The molecule has 2 N–H and O–H groups in total. The molecule has 130 valence electrons. The highest BCUT2D eigenvalue weighted by atomic mass is 35.5. The van der Waals surface area contributed by atoms with Crippen molar-refractivity contribution in [2.45, 2.75) is 6.92 Å². The summed E-state index contributed by atoms with van der Waals surface area (Å²) >= 11 is 6.07. The van der Waals surface area contributed by atoms with E-state index in [1.165, 1.54) is 26.4 Å². The average Bonchev–Trinajstić information content (AvgIpc) is 2.92. The third-order valence-corrected chi connectivity index (χ3v) is 4.26. The molecule has 0 bridgehead atoms. The minimum absolute atomic E-state index is 0.344. The first-order valence-electron chi connectivity index (χ1n) is 7.45. The van der Waals surface area contributed by atoms with Gasteiger partial charge in [0.25, 0.3) is 5.91 Å². The van der Waals surface area contributed by atoms with Crippen molar-refractivity contribution in [1.29, 1.82) is 0 Å². The number of hydrogen-bond donors (Lipinski definition) is 2. The number of carbonyl (C=O) groups is 1. The number of methoxy groups -OCH3 is 2. The fourth-order valence-corrected chi connectivity index (χ4v) is 2.90. The van der Waals surface area contributed by atoms with Crippen LogP contribution in [-0.2, 0) is 0 Å². The van der Waals surface area contributed by atoms with E-state index in [1.54, 1.807) is 25.1 Å². The van der Waals surface area contributed by atoms with Crippen LogP contribution in [0.3, 0.4) is 0 Å². The summed E-state index contributed by atoms with van der Waals surface area (Å²) in [5.74, 6) is 0.0783. The number of hydrogen-bond acceptors (Lipinski definition) is 3. The summed E-state index contributed by atoms with van der Waals surface area (Å²) < 4.78 is 23.9. The van der Waals surface area contributed by atoms with Crippen LogP contribution < -0.4 is 14.8 Å². The number of anilines is 1. The first-order chi connectivity index (χ1) is 11.9. The number of amides is 1.